The van der Waals surface area contributed by atoms with E-state index in [2.05, 4.69) is 20.9 Å². The third kappa shape index (κ3) is 8.05. The van der Waals surface area contributed by atoms with E-state index in [1.807, 2.05) is 32.0 Å². The van der Waals surface area contributed by atoms with Crippen LogP contribution < -0.4 is 16.0 Å². The van der Waals surface area contributed by atoms with Crippen molar-refractivity contribution < 1.29 is 27.6 Å². The molecule has 1 aromatic carbocycles. The molecule has 9 nitrogen and oxygen atoms in total. The molecule has 12 heteroatoms. The zero-order valence-corrected chi connectivity index (χ0v) is 21.2. The second kappa shape index (κ2) is 12.7. The van der Waals surface area contributed by atoms with Gasteiger partial charge in [-0.15, -0.1) is 5.06 Å². The monoisotopic (exact) mass is 522 g/mol. The number of halogens is 3. The number of carbonyl (C=O) groups excluding carboxylic acids is 2. The van der Waals surface area contributed by atoms with Crippen molar-refractivity contribution in [1.82, 2.24) is 25.6 Å². The van der Waals surface area contributed by atoms with Crippen molar-refractivity contribution in [3.8, 4) is 0 Å². The fourth-order valence-electron chi connectivity index (χ4n) is 4.03. The van der Waals surface area contributed by atoms with E-state index in [0.29, 0.717) is 26.1 Å². The minimum Gasteiger partial charge on any atom is -0.376 e. The Kier molecular flexibility index (Phi) is 9.70. The summed E-state index contributed by atoms with van der Waals surface area (Å²) in [6.07, 6.45) is -3.19. The maximum absolute atomic E-state index is 13.4. The van der Waals surface area contributed by atoms with Gasteiger partial charge in [0, 0.05) is 37.6 Å². The van der Waals surface area contributed by atoms with Crippen LogP contribution >= 0.6 is 0 Å². The largest absolute Gasteiger partial charge is 0.426 e. The summed E-state index contributed by atoms with van der Waals surface area (Å²) in [4.78, 5) is 35.6. The standard InChI is InChI=1S/C25H33F3N6O3/c1-17(2)32-24(36)37-34-12-9-19-18(15-34)6-4-8-21(19)31-14-23(35)33(13-11-29-3)16-22-20(25(26,27)28)7-5-10-30-22/h4-8,10,17,29,31H,9,11-16H2,1-3H3,(H,32,36). The number of anilines is 1. The van der Waals surface area contributed by atoms with Crippen molar-refractivity contribution in [2.45, 2.75) is 45.6 Å². The molecule has 0 spiro atoms. The number of likely N-dealkylation sites (N-methyl/N-ethyl adjacent to an activating group) is 1. The molecule has 1 aliphatic rings. The van der Waals surface area contributed by atoms with Gasteiger partial charge in [-0.05, 0) is 56.6 Å². The fraction of sp³-hybridized carbons (Fsp3) is 0.480. The van der Waals surface area contributed by atoms with Crippen LogP contribution in [-0.4, -0.2) is 66.2 Å². The van der Waals surface area contributed by atoms with Crippen LogP contribution in [0.2, 0.25) is 0 Å². The maximum Gasteiger partial charge on any atom is 0.426 e. The summed E-state index contributed by atoms with van der Waals surface area (Å²) in [5.41, 5.74) is 1.68. The molecule has 2 amide bonds. The van der Waals surface area contributed by atoms with Crippen LogP contribution in [-0.2, 0) is 35.3 Å². The van der Waals surface area contributed by atoms with Crippen molar-refractivity contribution >= 4 is 17.7 Å². The second-order valence-corrected chi connectivity index (χ2v) is 9.00. The van der Waals surface area contributed by atoms with E-state index >= 15 is 0 Å². The molecule has 202 valence electrons. The molecule has 2 aromatic rings. The van der Waals surface area contributed by atoms with Crippen LogP contribution in [0.5, 0.6) is 0 Å². The van der Waals surface area contributed by atoms with Crippen molar-refractivity contribution in [3.63, 3.8) is 0 Å². The molecule has 0 saturated carbocycles. The summed E-state index contributed by atoms with van der Waals surface area (Å²) in [6.45, 7) is 4.87. The SMILES string of the molecule is CNCCN(Cc1ncccc1C(F)(F)F)C(=O)CNc1cccc2c1CCN(OC(=O)NC(C)C)C2. The third-order valence-electron chi connectivity index (χ3n) is 5.80. The molecule has 37 heavy (non-hydrogen) atoms. The minimum atomic E-state index is -4.56. The molecule has 0 fully saturated rings. The number of fused-ring (bicyclic) bond motifs is 1. The highest BCUT2D eigenvalue weighted by Gasteiger charge is 2.34. The first kappa shape index (κ1) is 28.2. The van der Waals surface area contributed by atoms with Crippen molar-refractivity contribution in [3.05, 3.63) is 58.9 Å². The molecule has 0 bridgehead atoms. The predicted molar refractivity (Wildman–Crippen MR) is 132 cm³/mol. The zero-order valence-electron chi connectivity index (χ0n) is 21.2. The Morgan fingerprint density at radius 3 is 2.70 bits per heavy atom. The van der Waals surface area contributed by atoms with Gasteiger partial charge in [0.15, 0.2) is 0 Å². The third-order valence-corrected chi connectivity index (χ3v) is 5.80. The number of amides is 2. The van der Waals surface area contributed by atoms with Gasteiger partial charge >= 0.3 is 12.3 Å². The Bertz CT molecular complexity index is 1080. The number of hydroxylamine groups is 2. The lowest BCUT2D eigenvalue weighted by molar-refractivity contribution is -0.140. The van der Waals surface area contributed by atoms with Gasteiger partial charge in [0.25, 0.3) is 0 Å². The number of carbonyl (C=O) groups is 2. The average molecular weight is 523 g/mol. The van der Waals surface area contributed by atoms with E-state index in [4.69, 9.17) is 4.84 Å². The molecule has 0 aliphatic carbocycles. The number of rotatable bonds is 10. The number of benzene rings is 1. The Morgan fingerprint density at radius 1 is 1.22 bits per heavy atom. The van der Waals surface area contributed by atoms with Crippen LogP contribution in [0, 0.1) is 0 Å². The molecule has 1 aliphatic heterocycles. The number of nitrogens with zero attached hydrogens (tertiary/aromatic N) is 3. The van der Waals surface area contributed by atoms with Gasteiger partial charge in [0.2, 0.25) is 5.91 Å². The van der Waals surface area contributed by atoms with Crippen molar-refractivity contribution in [2.24, 2.45) is 0 Å². The highest BCUT2D eigenvalue weighted by atomic mass is 19.4. The van der Waals surface area contributed by atoms with E-state index < -0.39 is 17.8 Å². The first-order chi connectivity index (χ1) is 17.6. The first-order valence-corrected chi connectivity index (χ1v) is 12.1. The van der Waals surface area contributed by atoms with Crippen molar-refractivity contribution in [1.29, 1.82) is 0 Å². The van der Waals surface area contributed by atoms with Crippen LogP contribution in [0.15, 0.2) is 36.5 Å². The number of nitrogens with one attached hydrogen (secondary N) is 3. The van der Waals surface area contributed by atoms with Gasteiger partial charge in [-0.2, -0.15) is 13.2 Å². The maximum atomic E-state index is 13.4. The van der Waals surface area contributed by atoms with E-state index in [0.717, 1.165) is 22.9 Å². The van der Waals surface area contributed by atoms with Crippen molar-refractivity contribution in [2.75, 3.05) is 38.5 Å². The van der Waals surface area contributed by atoms with Crippen LogP contribution in [0.1, 0.15) is 36.2 Å². The normalized spacial score (nSPS) is 13.7. The highest BCUT2D eigenvalue weighted by molar-refractivity contribution is 5.81. The summed E-state index contributed by atoms with van der Waals surface area (Å²) in [5, 5.41) is 10.3. The number of hydrogen-bond donors (Lipinski definition) is 3. The van der Waals surface area contributed by atoms with Gasteiger partial charge in [-0.3, -0.25) is 9.78 Å². The fourth-order valence-corrected chi connectivity index (χ4v) is 4.03. The Balaban J connectivity index is 1.67. The van der Waals surface area contributed by atoms with E-state index in [-0.39, 0.29) is 37.3 Å². The first-order valence-electron chi connectivity index (χ1n) is 12.1. The molecule has 1 aromatic heterocycles. The van der Waals surface area contributed by atoms with Gasteiger partial charge < -0.3 is 25.7 Å². The lowest BCUT2D eigenvalue weighted by Crippen LogP contribution is -2.40. The molecule has 0 atom stereocenters. The van der Waals surface area contributed by atoms with E-state index in [1.165, 1.54) is 17.2 Å². The number of hydrogen-bond acceptors (Lipinski definition) is 7. The molecule has 3 N–H and O–H groups in total. The minimum absolute atomic E-state index is 0.0386. The molecule has 0 radical (unpaired) electrons. The van der Waals surface area contributed by atoms with Gasteiger partial charge in [0.1, 0.15) is 0 Å². The number of aromatic nitrogens is 1. The summed E-state index contributed by atoms with van der Waals surface area (Å²) < 4.78 is 40.3. The quantitative estimate of drug-likeness (QED) is 0.441. The smallest absolute Gasteiger partial charge is 0.376 e. The molecule has 0 unspecified atom stereocenters. The lowest BCUT2D eigenvalue weighted by Gasteiger charge is -2.29. The summed E-state index contributed by atoms with van der Waals surface area (Å²) >= 11 is 0. The predicted octanol–water partition coefficient (Wildman–Crippen LogP) is 3.17. The molecular weight excluding hydrogens is 489 g/mol. The Morgan fingerprint density at radius 2 is 2.00 bits per heavy atom. The second-order valence-electron chi connectivity index (χ2n) is 9.00. The lowest BCUT2D eigenvalue weighted by atomic mass is 9.99. The summed E-state index contributed by atoms with van der Waals surface area (Å²) in [6, 6.07) is 7.78. The van der Waals surface area contributed by atoms with Crippen LogP contribution in [0.4, 0.5) is 23.7 Å². The van der Waals surface area contributed by atoms with Crippen LogP contribution in [0.3, 0.4) is 0 Å². The molecular formula is C25H33F3N6O3. The van der Waals surface area contributed by atoms with Gasteiger partial charge in [-0.1, -0.05) is 12.1 Å². The summed E-state index contributed by atoms with van der Waals surface area (Å²) in [5.74, 6) is -0.349. The number of alkyl halides is 3. The summed E-state index contributed by atoms with van der Waals surface area (Å²) in [7, 11) is 1.71. The van der Waals surface area contributed by atoms with E-state index in [9.17, 15) is 22.8 Å². The van der Waals surface area contributed by atoms with E-state index in [1.54, 1.807) is 12.1 Å². The number of pyridine rings is 1. The Hall–Kier alpha value is -3.38. The van der Waals surface area contributed by atoms with Gasteiger partial charge in [-0.25, -0.2) is 4.79 Å². The van der Waals surface area contributed by atoms with Gasteiger partial charge in [0.05, 0.1) is 30.9 Å². The van der Waals surface area contributed by atoms with Crippen LogP contribution in [0.25, 0.3) is 0 Å². The average Bonchev–Trinajstić information content (AvgIpc) is 2.84. The molecule has 3 rings (SSSR count). The topological polar surface area (TPSA) is 98.8 Å². The Labute approximate surface area is 214 Å². The molecule has 0 saturated heterocycles. The molecule has 2 heterocycles. The highest BCUT2D eigenvalue weighted by Crippen LogP contribution is 2.31. The zero-order chi connectivity index (χ0) is 27.0.